The quantitative estimate of drug-likeness (QED) is 0.438. The molecule has 0 saturated heterocycles. The highest BCUT2D eigenvalue weighted by molar-refractivity contribution is 9.10. The summed E-state index contributed by atoms with van der Waals surface area (Å²) in [7, 11) is 0. The zero-order chi connectivity index (χ0) is 10.9. The maximum absolute atomic E-state index is 12.6. The van der Waals surface area contributed by atoms with E-state index in [0.29, 0.717) is 12.1 Å². The van der Waals surface area contributed by atoms with Gasteiger partial charge in [0, 0.05) is 4.47 Å². The lowest BCUT2D eigenvalue weighted by Crippen LogP contribution is -2.19. The van der Waals surface area contributed by atoms with Gasteiger partial charge in [0.25, 0.3) is 0 Å². The molecule has 0 aliphatic heterocycles. The molecule has 0 nitrogen and oxygen atoms in total. The molecule has 0 aromatic heterocycles. The molecule has 0 radical (unpaired) electrons. The molecule has 78 valence electrons. The first-order valence-electron chi connectivity index (χ1n) is 3.64. The average molecular weight is 274 g/mol. The minimum atomic E-state index is -5.05. The molecule has 0 saturated carbocycles. The number of hydrogen-bond donors (Lipinski definition) is 0. The Labute approximate surface area is 85.3 Å². The maximum Gasteiger partial charge on any atom is 0.482 e. The lowest BCUT2D eigenvalue weighted by Gasteiger charge is -2.14. The van der Waals surface area contributed by atoms with Crippen molar-refractivity contribution in [3.8, 4) is 0 Å². The Kier molecular flexibility index (Phi) is 3.19. The van der Waals surface area contributed by atoms with Crippen LogP contribution in [0.3, 0.4) is 0 Å². The Bertz CT molecular complexity index is 349. The van der Waals surface area contributed by atoms with Gasteiger partial charge in [-0.25, -0.2) is 8.78 Å². The van der Waals surface area contributed by atoms with Gasteiger partial charge in [0.05, 0.1) is 0 Å². The molecule has 0 atom stereocenters. The third kappa shape index (κ3) is 2.97. The Hall–Kier alpha value is -0.585. The van der Waals surface area contributed by atoms with E-state index in [1.165, 1.54) is 0 Å². The van der Waals surface area contributed by atoms with Crippen molar-refractivity contribution in [2.45, 2.75) is 6.32 Å². The van der Waals surface area contributed by atoms with E-state index < -0.39 is 24.9 Å². The minimum Gasteiger partial charge on any atom is -0.449 e. The summed E-state index contributed by atoms with van der Waals surface area (Å²) in [6, 6.07) is 1.24. The molecule has 0 N–H and O–H groups in total. The van der Waals surface area contributed by atoms with Crippen molar-refractivity contribution >= 4 is 22.9 Å². The molecule has 0 heterocycles. The van der Waals surface area contributed by atoms with Gasteiger partial charge < -0.3 is 12.9 Å². The molecule has 0 amide bonds. The smallest absolute Gasteiger partial charge is 0.449 e. The first-order chi connectivity index (χ1) is 6.29. The lowest BCUT2D eigenvalue weighted by molar-refractivity contribution is 0.466. The van der Waals surface area contributed by atoms with Crippen LogP contribution in [0.4, 0.5) is 21.7 Å². The molecule has 0 aliphatic rings. The maximum atomic E-state index is 12.6. The fraction of sp³-hybridized carbons (Fsp3) is 0.143. The second-order valence-corrected chi connectivity index (χ2v) is 3.63. The normalized spacial score (nSPS) is 11.9. The van der Waals surface area contributed by atoms with Gasteiger partial charge >= 0.3 is 6.98 Å². The first-order valence-corrected chi connectivity index (χ1v) is 4.43. The highest BCUT2D eigenvalue weighted by atomic mass is 79.9. The van der Waals surface area contributed by atoms with Crippen molar-refractivity contribution in [3.63, 3.8) is 0 Å². The van der Waals surface area contributed by atoms with Crippen LogP contribution >= 0.6 is 15.9 Å². The summed E-state index contributed by atoms with van der Waals surface area (Å²) < 4.78 is 61.0. The lowest BCUT2D eigenvalue weighted by atomic mass is 9.82. The molecule has 0 unspecified atom stereocenters. The largest absolute Gasteiger partial charge is 0.482 e. The standard InChI is InChI=1S/C7H4BBrF5/c9-5-2-7(11)6(10)1-4(5)3-8(12,13)14/h1-2H,3H2/q-1. The highest BCUT2D eigenvalue weighted by Crippen LogP contribution is 2.25. The van der Waals surface area contributed by atoms with E-state index in [2.05, 4.69) is 15.9 Å². The van der Waals surface area contributed by atoms with Crippen LogP contribution in [0.1, 0.15) is 5.56 Å². The first kappa shape index (κ1) is 11.5. The Balaban J connectivity index is 3.04. The van der Waals surface area contributed by atoms with Crippen LogP contribution in [0.25, 0.3) is 0 Å². The van der Waals surface area contributed by atoms with Gasteiger partial charge in [0.1, 0.15) is 0 Å². The molecule has 7 heteroatoms. The summed E-state index contributed by atoms with van der Waals surface area (Å²) >= 11 is 2.74. The van der Waals surface area contributed by atoms with Gasteiger partial charge in [0.15, 0.2) is 11.6 Å². The summed E-state index contributed by atoms with van der Waals surface area (Å²) in [5, 5.41) is 0. The predicted molar refractivity (Wildman–Crippen MR) is 46.8 cm³/mol. The van der Waals surface area contributed by atoms with Crippen LogP contribution < -0.4 is 0 Å². The van der Waals surface area contributed by atoms with Gasteiger partial charge in [0.2, 0.25) is 0 Å². The van der Waals surface area contributed by atoms with Gasteiger partial charge in [-0.1, -0.05) is 27.8 Å². The monoisotopic (exact) mass is 273 g/mol. The highest BCUT2D eigenvalue weighted by Gasteiger charge is 2.25. The summed E-state index contributed by atoms with van der Waals surface area (Å²) in [4.78, 5) is 0. The van der Waals surface area contributed by atoms with Crippen LogP contribution in [0.5, 0.6) is 0 Å². The summed E-state index contributed by atoms with van der Waals surface area (Å²) in [6.45, 7) is -5.05. The van der Waals surface area contributed by atoms with E-state index >= 15 is 0 Å². The molecular formula is C7H4BBrF5-. The van der Waals surface area contributed by atoms with E-state index in [-0.39, 0.29) is 10.0 Å². The van der Waals surface area contributed by atoms with Crippen molar-refractivity contribution in [2.75, 3.05) is 0 Å². The van der Waals surface area contributed by atoms with E-state index in [1.807, 2.05) is 0 Å². The van der Waals surface area contributed by atoms with Crippen molar-refractivity contribution in [1.82, 2.24) is 0 Å². The molecular weight excluding hydrogens is 270 g/mol. The average Bonchev–Trinajstić information content (AvgIpc) is 1.97. The minimum absolute atomic E-state index is 0.0735. The van der Waals surface area contributed by atoms with E-state index in [1.54, 1.807) is 0 Å². The van der Waals surface area contributed by atoms with Crippen LogP contribution in [0.15, 0.2) is 16.6 Å². The Morgan fingerprint density at radius 3 is 2.07 bits per heavy atom. The molecule has 14 heavy (non-hydrogen) atoms. The van der Waals surface area contributed by atoms with Gasteiger partial charge in [-0.15, -0.1) is 0 Å². The van der Waals surface area contributed by atoms with E-state index in [4.69, 9.17) is 0 Å². The van der Waals surface area contributed by atoms with Gasteiger partial charge in [-0.3, -0.25) is 0 Å². The number of halogens is 6. The molecule has 0 spiro atoms. The molecule has 1 rings (SSSR count). The van der Waals surface area contributed by atoms with E-state index in [9.17, 15) is 21.7 Å². The summed E-state index contributed by atoms with van der Waals surface area (Å²) in [5.41, 5.74) is -0.295. The number of benzene rings is 1. The van der Waals surface area contributed by atoms with Crippen LogP contribution in [0.2, 0.25) is 0 Å². The number of hydrogen-bond acceptors (Lipinski definition) is 0. The zero-order valence-electron chi connectivity index (χ0n) is 6.71. The SMILES string of the molecule is Fc1cc(Br)c(C[B-](F)(F)F)cc1F. The fourth-order valence-electron chi connectivity index (χ4n) is 0.970. The predicted octanol–water partition coefficient (Wildman–Crippen LogP) is 3.66. The van der Waals surface area contributed by atoms with Crippen molar-refractivity contribution in [3.05, 3.63) is 33.8 Å². The molecule has 0 bridgehead atoms. The second kappa shape index (κ2) is 3.88. The summed E-state index contributed by atoms with van der Waals surface area (Å²) in [5.74, 6) is -2.45. The van der Waals surface area contributed by atoms with Crippen molar-refractivity contribution in [1.29, 1.82) is 0 Å². The fourth-order valence-corrected chi connectivity index (χ4v) is 1.45. The molecule has 1 aromatic rings. The molecule has 0 fully saturated rings. The second-order valence-electron chi connectivity index (χ2n) is 2.77. The third-order valence-electron chi connectivity index (χ3n) is 1.54. The number of rotatable bonds is 2. The molecule has 0 aliphatic carbocycles. The summed E-state index contributed by atoms with van der Waals surface area (Å²) in [6.07, 6.45) is -1.22. The van der Waals surface area contributed by atoms with Crippen LogP contribution in [0, 0.1) is 11.6 Å². The van der Waals surface area contributed by atoms with Crippen LogP contribution in [-0.4, -0.2) is 6.98 Å². The van der Waals surface area contributed by atoms with Crippen molar-refractivity contribution < 1.29 is 21.7 Å². The van der Waals surface area contributed by atoms with Crippen LogP contribution in [-0.2, 0) is 6.32 Å². The van der Waals surface area contributed by atoms with E-state index in [0.717, 1.165) is 0 Å². The van der Waals surface area contributed by atoms with Gasteiger partial charge in [-0.05, 0) is 12.1 Å². The topological polar surface area (TPSA) is 0 Å². The zero-order valence-corrected chi connectivity index (χ0v) is 8.29. The van der Waals surface area contributed by atoms with Crippen molar-refractivity contribution in [2.24, 2.45) is 0 Å². The Morgan fingerprint density at radius 1 is 1.07 bits per heavy atom. The third-order valence-corrected chi connectivity index (χ3v) is 2.28. The molecule has 1 aromatic carbocycles. The van der Waals surface area contributed by atoms with Gasteiger partial charge in [-0.2, -0.15) is 0 Å². The Morgan fingerprint density at radius 2 is 1.57 bits per heavy atom.